The van der Waals surface area contributed by atoms with Crippen LogP contribution < -0.4 is 0 Å². The summed E-state index contributed by atoms with van der Waals surface area (Å²) in [6.07, 6.45) is 0. The van der Waals surface area contributed by atoms with Crippen LogP contribution in [-0.4, -0.2) is 5.11 Å². The van der Waals surface area contributed by atoms with Crippen molar-refractivity contribution in [3.63, 3.8) is 0 Å². The third-order valence-corrected chi connectivity index (χ3v) is 2.98. The molecule has 78 valence electrons. The van der Waals surface area contributed by atoms with Crippen molar-refractivity contribution in [1.29, 1.82) is 0 Å². The summed E-state index contributed by atoms with van der Waals surface area (Å²) in [7, 11) is 0. The molecule has 0 atom stereocenters. The van der Waals surface area contributed by atoms with Crippen LogP contribution in [0.5, 0.6) is 5.75 Å². The minimum absolute atomic E-state index is 0.230. The smallest absolute Gasteiger partial charge is 0.124 e. The number of aromatic hydroxyl groups is 1. The molecule has 0 aromatic heterocycles. The Balaban J connectivity index is 2.51. The molecule has 16 heavy (non-hydrogen) atoms. The van der Waals surface area contributed by atoms with Crippen LogP contribution in [0.15, 0.2) is 48.5 Å². The molecule has 3 rings (SSSR count). The van der Waals surface area contributed by atoms with Gasteiger partial charge in [-0.25, -0.2) is 0 Å². The third-order valence-electron chi connectivity index (χ3n) is 2.76. The number of phenolic OH excluding ortho intramolecular Hbond substituents is 1. The van der Waals surface area contributed by atoms with Crippen molar-refractivity contribution in [1.82, 2.24) is 0 Å². The Hall–Kier alpha value is -1.73. The highest BCUT2D eigenvalue weighted by Gasteiger charge is 2.03. The van der Waals surface area contributed by atoms with Gasteiger partial charge in [-0.15, -0.1) is 0 Å². The molecule has 0 saturated heterocycles. The average Bonchev–Trinajstić information content (AvgIpc) is 2.27. The molecule has 3 aromatic rings. The molecule has 0 amide bonds. The maximum atomic E-state index is 9.83. The second kappa shape index (κ2) is 3.39. The second-order valence-electron chi connectivity index (χ2n) is 3.85. The maximum Gasteiger partial charge on any atom is 0.124 e. The molecule has 0 bridgehead atoms. The van der Waals surface area contributed by atoms with Gasteiger partial charge in [0.2, 0.25) is 0 Å². The first-order chi connectivity index (χ1) is 7.74. The number of benzene rings is 3. The minimum atomic E-state index is 0.230. The van der Waals surface area contributed by atoms with E-state index in [1.807, 2.05) is 42.5 Å². The first-order valence-electron chi connectivity index (χ1n) is 5.05. The van der Waals surface area contributed by atoms with Crippen LogP contribution in [0.25, 0.3) is 21.5 Å². The van der Waals surface area contributed by atoms with Gasteiger partial charge in [0, 0.05) is 10.4 Å². The normalized spacial score (nSPS) is 11.1. The number of hydrogen-bond donors (Lipinski definition) is 1. The fourth-order valence-corrected chi connectivity index (χ4v) is 2.22. The lowest BCUT2D eigenvalue weighted by atomic mass is 10.0. The number of halogens is 1. The molecule has 2 heteroatoms. The molecule has 1 nitrogen and oxygen atoms in total. The zero-order valence-corrected chi connectivity index (χ0v) is 9.20. The van der Waals surface area contributed by atoms with Crippen molar-refractivity contribution in [3.05, 3.63) is 53.6 Å². The van der Waals surface area contributed by atoms with Gasteiger partial charge >= 0.3 is 0 Å². The van der Waals surface area contributed by atoms with Gasteiger partial charge in [0.05, 0.1) is 0 Å². The van der Waals surface area contributed by atoms with E-state index in [1.165, 1.54) is 0 Å². The highest BCUT2D eigenvalue weighted by atomic mass is 35.5. The number of fused-ring (bicyclic) bond motifs is 2. The third kappa shape index (κ3) is 1.41. The predicted molar refractivity (Wildman–Crippen MR) is 68.1 cm³/mol. The molecule has 0 saturated carbocycles. The molecule has 0 aliphatic heterocycles. The predicted octanol–water partition coefficient (Wildman–Crippen LogP) is 4.35. The van der Waals surface area contributed by atoms with E-state index in [2.05, 4.69) is 0 Å². The van der Waals surface area contributed by atoms with Gasteiger partial charge < -0.3 is 5.11 Å². The molecule has 0 heterocycles. The van der Waals surface area contributed by atoms with E-state index in [4.69, 9.17) is 11.6 Å². The van der Waals surface area contributed by atoms with E-state index in [9.17, 15) is 5.11 Å². The van der Waals surface area contributed by atoms with Crippen LogP contribution in [-0.2, 0) is 0 Å². The molecule has 3 aromatic carbocycles. The SMILES string of the molecule is Oc1cc(Cl)cc2cc3ccccc3cc12. The molecule has 0 unspecified atom stereocenters. The summed E-state index contributed by atoms with van der Waals surface area (Å²) in [5.74, 6) is 0.230. The molecular weight excluding hydrogens is 220 g/mol. The Kier molecular flexibility index (Phi) is 2.01. The lowest BCUT2D eigenvalue weighted by Crippen LogP contribution is -1.77. The monoisotopic (exact) mass is 228 g/mol. The maximum absolute atomic E-state index is 9.83. The Bertz CT molecular complexity index is 689. The van der Waals surface area contributed by atoms with E-state index in [0.29, 0.717) is 5.02 Å². The van der Waals surface area contributed by atoms with E-state index >= 15 is 0 Å². The molecule has 0 spiro atoms. The van der Waals surface area contributed by atoms with Crippen molar-refractivity contribution in [2.24, 2.45) is 0 Å². The summed E-state index contributed by atoms with van der Waals surface area (Å²) >= 11 is 5.92. The van der Waals surface area contributed by atoms with E-state index in [0.717, 1.165) is 21.5 Å². The van der Waals surface area contributed by atoms with Gasteiger partial charge in [0.15, 0.2) is 0 Å². The topological polar surface area (TPSA) is 20.2 Å². The molecule has 0 fully saturated rings. The quantitative estimate of drug-likeness (QED) is 0.567. The van der Waals surface area contributed by atoms with Crippen LogP contribution >= 0.6 is 11.6 Å². The van der Waals surface area contributed by atoms with Gasteiger partial charge in [-0.05, 0) is 40.4 Å². The fourth-order valence-electron chi connectivity index (χ4n) is 2.00. The summed E-state index contributed by atoms with van der Waals surface area (Å²) < 4.78 is 0. The van der Waals surface area contributed by atoms with Crippen molar-refractivity contribution >= 4 is 33.1 Å². The van der Waals surface area contributed by atoms with Gasteiger partial charge in [0.25, 0.3) is 0 Å². The highest BCUT2D eigenvalue weighted by molar-refractivity contribution is 6.31. The summed E-state index contributed by atoms with van der Waals surface area (Å²) in [5, 5.41) is 14.4. The molecular formula is C14H9ClO. The zero-order valence-electron chi connectivity index (χ0n) is 8.44. The highest BCUT2D eigenvalue weighted by Crippen LogP contribution is 2.32. The minimum Gasteiger partial charge on any atom is -0.507 e. The van der Waals surface area contributed by atoms with Gasteiger partial charge in [0.1, 0.15) is 5.75 Å². The molecule has 0 aliphatic rings. The molecule has 1 N–H and O–H groups in total. The van der Waals surface area contributed by atoms with Crippen molar-refractivity contribution in [3.8, 4) is 5.75 Å². The lowest BCUT2D eigenvalue weighted by Gasteiger charge is -2.04. The Labute approximate surface area is 97.9 Å². The number of hydrogen-bond acceptors (Lipinski definition) is 1. The molecule has 0 radical (unpaired) electrons. The first kappa shape index (κ1) is 9.49. The summed E-state index contributed by atoms with van der Waals surface area (Å²) in [6, 6.07) is 15.5. The second-order valence-corrected chi connectivity index (χ2v) is 4.28. The standard InChI is InChI=1S/C14H9ClO/c15-12-6-11-5-9-3-1-2-4-10(9)7-13(11)14(16)8-12/h1-8,16H. The summed E-state index contributed by atoms with van der Waals surface area (Å²) in [6.45, 7) is 0. The van der Waals surface area contributed by atoms with Crippen molar-refractivity contribution in [2.75, 3.05) is 0 Å². The van der Waals surface area contributed by atoms with Crippen LogP contribution in [0.2, 0.25) is 5.02 Å². The number of phenols is 1. The first-order valence-corrected chi connectivity index (χ1v) is 5.43. The van der Waals surface area contributed by atoms with Gasteiger partial charge in [-0.3, -0.25) is 0 Å². The summed E-state index contributed by atoms with van der Waals surface area (Å²) in [5.41, 5.74) is 0. The van der Waals surface area contributed by atoms with Gasteiger partial charge in [-0.2, -0.15) is 0 Å². The van der Waals surface area contributed by atoms with Crippen LogP contribution in [0.3, 0.4) is 0 Å². The van der Waals surface area contributed by atoms with Crippen molar-refractivity contribution < 1.29 is 5.11 Å². The Morgan fingerprint density at radius 3 is 2.25 bits per heavy atom. The van der Waals surface area contributed by atoms with Crippen LogP contribution in [0, 0.1) is 0 Å². The average molecular weight is 229 g/mol. The Morgan fingerprint density at radius 2 is 1.50 bits per heavy atom. The lowest BCUT2D eigenvalue weighted by molar-refractivity contribution is 0.482. The Morgan fingerprint density at radius 1 is 0.812 bits per heavy atom. The van der Waals surface area contributed by atoms with Crippen LogP contribution in [0.4, 0.5) is 0 Å². The van der Waals surface area contributed by atoms with E-state index in [1.54, 1.807) is 6.07 Å². The largest absolute Gasteiger partial charge is 0.507 e. The van der Waals surface area contributed by atoms with E-state index in [-0.39, 0.29) is 5.75 Å². The van der Waals surface area contributed by atoms with Gasteiger partial charge in [-0.1, -0.05) is 35.9 Å². The van der Waals surface area contributed by atoms with E-state index < -0.39 is 0 Å². The zero-order chi connectivity index (χ0) is 11.1. The van der Waals surface area contributed by atoms with Crippen LogP contribution in [0.1, 0.15) is 0 Å². The summed E-state index contributed by atoms with van der Waals surface area (Å²) in [4.78, 5) is 0. The number of rotatable bonds is 0. The fraction of sp³-hybridized carbons (Fsp3) is 0. The van der Waals surface area contributed by atoms with Crippen molar-refractivity contribution in [2.45, 2.75) is 0 Å². The molecule has 0 aliphatic carbocycles.